The fourth-order valence-corrected chi connectivity index (χ4v) is 2.23. The van der Waals surface area contributed by atoms with Crippen LogP contribution in [0.2, 0.25) is 0 Å². The van der Waals surface area contributed by atoms with Gasteiger partial charge in [-0.3, -0.25) is 0 Å². The minimum Gasteiger partial charge on any atom is -0.455 e. The Morgan fingerprint density at radius 1 is 1.50 bits per heavy atom. The number of imidazole rings is 1. The van der Waals surface area contributed by atoms with Crippen LogP contribution in [0.25, 0.3) is 0 Å². The molecule has 2 atom stereocenters. The van der Waals surface area contributed by atoms with Crippen molar-refractivity contribution in [3.63, 3.8) is 0 Å². The van der Waals surface area contributed by atoms with Crippen molar-refractivity contribution in [2.24, 2.45) is 0 Å². The van der Waals surface area contributed by atoms with E-state index in [0.29, 0.717) is 17.8 Å². The zero-order valence-electron chi connectivity index (χ0n) is 11.7. The van der Waals surface area contributed by atoms with Crippen molar-refractivity contribution in [3.05, 3.63) is 12.0 Å². The van der Waals surface area contributed by atoms with E-state index in [1.54, 1.807) is 6.33 Å². The number of hydrogen-bond acceptors (Lipinski definition) is 4. The second kappa shape index (κ2) is 4.30. The average Bonchev–Trinajstić information content (AvgIpc) is 2.58. The number of ether oxygens (including phenoxy) is 1. The molecule has 0 saturated carbocycles. The van der Waals surface area contributed by atoms with Crippen molar-refractivity contribution in [3.8, 4) is 0 Å². The van der Waals surface area contributed by atoms with Crippen LogP contribution in [0.1, 0.15) is 57.6 Å². The Hall–Kier alpha value is -1.52. The first-order chi connectivity index (χ1) is 8.28. The van der Waals surface area contributed by atoms with E-state index in [9.17, 15) is 4.79 Å². The van der Waals surface area contributed by atoms with Crippen molar-refractivity contribution in [1.82, 2.24) is 9.55 Å². The van der Waals surface area contributed by atoms with Crippen LogP contribution in [0.4, 0.5) is 5.82 Å². The lowest BCUT2D eigenvalue weighted by atomic mass is 10.1. The first-order valence-electron chi connectivity index (χ1n) is 6.34. The van der Waals surface area contributed by atoms with E-state index >= 15 is 0 Å². The molecule has 5 heteroatoms. The van der Waals surface area contributed by atoms with Gasteiger partial charge < -0.3 is 14.6 Å². The summed E-state index contributed by atoms with van der Waals surface area (Å²) in [4.78, 5) is 16.3. The van der Waals surface area contributed by atoms with Gasteiger partial charge in [-0.25, -0.2) is 9.78 Å². The molecule has 0 aliphatic carbocycles. The minimum atomic E-state index is -0.501. The minimum absolute atomic E-state index is 0.338. The van der Waals surface area contributed by atoms with Gasteiger partial charge in [0.1, 0.15) is 11.4 Å². The predicted molar refractivity (Wildman–Crippen MR) is 69.8 cm³/mol. The van der Waals surface area contributed by atoms with Crippen LogP contribution in [0.15, 0.2) is 6.33 Å². The zero-order valence-corrected chi connectivity index (χ0v) is 11.7. The fourth-order valence-electron chi connectivity index (χ4n) is 2.23. The maximum atomic E-state index is 12.1. The van der Waals surface area contributed by atoms with Gasteiger partial charge in [0.2, 0.25) is 0 Å². The standard InChI is InChI=1S/C13H21N3O2/c1-8-6-9(2)16-7-14-10(11(16)15-8)12(17)18-13(3,4)5/h7-9,15H,6H2,1-5H3/t8-,9+/m1/s1. The van der Waals surface area contributed by atoms with Crippen molar-refractivity contribution < 1.29 is 9.53 Å². The lowest BCUT2D eigenvalue weighted by Crippen LogP contribution is -2.30. The summed E-state index contributed by atoms with van der Waals surface area (Å²) in [6, 6.07) is 0.685. The van der Waals surface area contributed by atoms with Gasteiger partial charge in [-0.15, -0.1) is 0 Å². The summed E-state index contributed by atoms with van der Waals surface area (Å²) in [5, 5.41) is 3.31. The molecule has 5 nitrogen and oxygen atoms in total. The SMILES string of the molecule is C[C@@H]1C[C@H](C)n2cnc(C(=O)OC(C)(C)C)c2N1. The van der Waals surface area contributed by atoms with E-state index in [-0.39, 0.29) is 5.97 Å². The van der Waals surface area contributed by atoms with E-state index in [1.165, 1.54) is 0 Å². The predicted octanol–water partition coefficient (Wildman–Crippen LogP) is 2.60. The van der Waals surface area contributed by atoms with Gasteiger partial charge in [0.25, 0.3) is 0 Å². The van der Waals surface area contributed by atoms with Crippen LogP contribution in [-0.2, 0) is 4.74 Å². The first-order valence-corrected chi connectivity index (χ1v) is 6.34. The van der Waals surface area contributed by atoms with Crippen LogP contribution in [-0.4, -0.2) is 27.2 Å². The van der Waals surface area contributed by atoms with Crippen LogP contribution >= 0.6 is 0 Å². The second-order valence-corrected chi connectivity index (χ2v) is 5.98. The van der Waals surface area contributed by atoms with Crippen molar-refractivity contribution in [2.45, 2.75) is 58.7 Å². The number of nitrogens with zero attached hydrogens (tertiary/aromatic N) is 2. The number of fused-ring (bicyclic) bond motifs is 1. The molecular weight excluding hydrogens is 230 g/mol. The molecule has 1 aromatic heterocycles. The maximum Gasteiger partial charge on any atom is 0.361 e. The van der Waals surface area contributed by atoms with Gasteiger partial charge in [0.05, 0.1) is 6.33 Å². The number of esters is 1. The van der Waals surface area contributed by atoms with E-state index in [1.807, 2.05) is 25.3 Å². The van der Waals surface area contributed by atoms with Gasteiger partial charge in [-0.05, 0) is 41.0 Å². The highest BCUT2D eigenvalue weighted by Crippen LogP contribution is 2.30. The lowest BCUT2D eigenvalue weighted by molar-refractivity contribution is 0.00644. The summed E-state index contributed by atoms with van der Waals surface area (Å²) in [7, 11) is 0. The summed E-state index contributed by atoms with van der Waals surface area (Å²) in [5.74, 6) is 0.403. The topological polar surface area (TPSA) is 56.2 Å². The zero-order chi connectivity index (χ0) is 13.5. The third kappa shape index (κ3) is 2.49. The summed E-state index contributed by atoms with van der Waals surface area (Å²) < 4.78 is 7.36. The molecular formula is C13H21N3O2. The molecule has 1 N–H and O–H groups in total. The Balaban J connectivity index is 2.28. The molecule has 18 heavy (non-hydrogen) atoms. The molecule has 1 aliphatic rings. The molecule has 100 valence electrons. The van der Waals surface area contributed by atoms with Crippen molar-refractivity contribution in [2.75, 3.05) is 5.32 Å². The third-order valence-corrected chi connectivity index (χ3v) is 2.94. The second-order valence-electron chi connectivity index (χ2n) is 5.98. The molecule has 1 aromatic rings. The van der Waals surface area contributed by atoms with Gasteiger partial charge >= 0.3 is 5.97 Å². The lowest BCUT2D eigenvalue weighted by Gasteiger charge is -2.29. The molecule has 1 aliphatic heterocycles. The number of hydrogen-bond donors (Lipinski definition) is 1. The monoisotopic (exact) mass is 251 g/mol. The molecule has 0 fully saturated rings. The van der Waals surface area contributed by atoms with Crippen LogP contribution in [0.3, 0.4) is 0 Å². The third-order valence-electron chi connectivity index (χ3n) is 2.94. The average molecular weight is 251 g/mol. The molecule has 0 bridgehead atoms. The largest absolute Gasteiger partial charge is 0.455 e. The molecule has 0 unspecified atom stereocenters. The Morgan fingerprint density at radius 2 is 2.17 bits per heavy atom. The smallest absolute Gasteiger partial charge is 0.361 e. The van der Waals surface area contributed by atoms with E-state index < -0.39 is 5.60 Å². The number of carbonyl (C=O) groups excluding carboxylic acids is 1. The van der Waals surface area contributed by atoms with Gasteiger partial charge in [0.15, 0.2) is 5.69 Å². The molecule has 0 saturated heterocycles. The van der Waals surface area contributed by atoms with Crippen LogP contribution in [0.5, 0.6) is 0 Å². The number of rotatable bonds is 1. The van der Waals surface area contributed by atoms with Crippen LogP contribution in [0, 0.1) is 0 Å². The highest BCUT2D eigenvalue weighted by atomic mass is 16.6. The molecule has 0 radical (unpaired) electrons. The highest BCUT2D eigenvalue weighted by molar-refractivity contribution is 5.93. The Morgan fingerprint density at radius 3 is 2.78 bits per heavy atom. The van der Waals surface area contributed by atoms with Gasteiger partial charge in [0, 0.05) is 12.1 Å². The van der Waals surface area contributed by atoms with Gasteiger partial charge in [-0.2, -0.15) is 0 Å². The summed E-state index contributed by atoms with van der Waals surface area (Å²) in [6.45, 7) is 9.79. The van der Waals surface area contributed by atoms with Crippen molar-refractivity contribution in [1.29, 1.82) is 0 Å². The normalized spacial score (nSPS) is 23.2. The molecule has 0 spiro atoms. The summed E-state index contributed by atoms with van der Waals surface area (Å²) >= 11 is 0. The molecule has 2 rings (SSSR count). The number of aromatic nitrogens is 2. The van der Waals surface area contributed by atoms with E-state index in [4.69, 9.17) is 4.74 Å². The van der Waals surface area contributed by atoms with E-state index in [2.05, 4.69) is 24.1 Å². The Labute approximate surface area is 108 Å². The fraction of sp³-hybridized carbons (Fsp3) is 0.692. The Kier molecular flexibility index (Phi) is 3.09. The Bertz CT molecular complexity index is 459. The van der Waals surface area contributed by atoms with E-state index in [0.717, 1.165) is 12.2 Å². The first kappa shape index (κ1) is 12.9. The molecule has 2 heterocycles. The summed E-state index contributed by atoms with van der Waals surface area (Å²) in [5.41, 5.74) is -0.122. The summed E-state index contributed by atoms with van der Waals surface area (Å²) in [6.07, 6.45) is 2.73. The van der Waals surface area contributed by atoms with Crippen molar-refractivity contribution >= 4 is 11.8 Å². The van der Waals surface area contributed by atoms with Gasteiger partial charge in [-0.1, -0.05) is 0 Å². The number of nitrogens with one attached hydrogen (secondary N) is 1. The molecule has 0 amide bonds. The maximum absolute atomic E-state index is 12.1. The highest BCUT2D eigenvalue weighted by Gasteiger charge is 2.29. The number of carbonyl (C=O) groups is 1. The van der Waals surface area contributed by atoms with Crippen LogP contribution < -0.4 is 5.32 Å². The molecule has 0 aromatic carbocycles. The quantitative estimate of drug-likeness (QED) is 0.779. The number of anilines is 1.